The second-order valence-electron chi connectivity index (χ2n) is 9.06. The van der Waals surface area contributed by atoms with Crippen LogP contribution < -0.4 is 14.3 Å². The number of hydrogen-bond acceptors (Lipinski definition) is 8. The molecule has 0 N–H and O–H groups in total. The van der Waals surface area contributed by atoms with Crippen LogP contribution in [0, 0.1) is 11.3 Å². The summed E-state index contributed by atoms with van der Waals surface area (Å²) in [6.45, 7) is 5.44. The Bertz CT molecular complexity index is 1250. The number of esters is 1. The van der Waals surface area contributed by atoms with Crippen molar-refractivity contribution < 1.29 is 29.0 Å². The number of carbonyl (C=O) groups excluding carboxylic acids is 3. The number of carbonyl (C=O) groups is 3. The third-order valence-electron chi connectivity index (χ3n) is 5.29. The molecule has 1 aliphatic rings. The van der Waals surface area contributed by atoms with Gasteiger partial charge in [-0.2, -0.15) is 9.74 Å². The van der Waals surface area contributed by atoms with E-state index in [1.165, 1.54) is 65.8 Å². The van der Waals surface area contributed by atoms with Gasteiger partial charge in [0.05, 0.1) is 29.8 Å². The van der Waals surface area contributed by atoms with E-state index in [-0.39, 0.29) is 30.1 Å². The Morgan fingerprint density at radius 1 is 1.08 bits per heavy atom. The van der Waals surface area contributed by atoms with E-state index in [0.717, 1.165) is 0 Å². The number of nitrogens with zero attached hydrogens (tertiary/aromatic N) is 4. The fourth-order valence-electron chi connectivity index (χ4n) is 3.44. The van der Waals surface area contributed by atoms with E-state index in [1.807, 2.05) is 6.07 Å². The van der Waals surface area contributed by atoms with Crippen LogP contribution in [0.4, 0.5) is 15.3 Å². The zero-order valence-corrected chi connectivity index (χ0v) is 20.4. The van der Waals surface area contributed by atoms with Crippen molar-refractivity contribution in [3.63, 3.8) is 0 Å². The van der Waals surface area contributed by atoms with Gasteiger partial charge in [0, 0.05) is 25.7 Å². The second-order valence-corrected chi connectivity index (χ2v) is 9.06. The average Bonchev–Trinajstić information content (AvgIpc) is 3.27. The number of carboxylic acid groups (broad SMARTS) is 1. The van der Waals surface area contributed by atoms with Gasteiger partial charge in [-0.25, -0.2) is 14.6 Å². The number of benzene rings is 2. The van der Waals surface area contributed by atoms with Gasteiger partial charge in [-0.15, -0.1) is 0 Å². The van der Waals surface area contributed by atoms with Crippen LogP contribution in [0.15, 0.2) is 65.9 Å². The minimum atomic E-state index is -1.43. The molecule has 0 aliphatic carbocycles. The molecular weight excluding hydrogens is 464 g/mol. The summed E-state index contributed by atoms with van der Waals surface area (Å²) in [4.78, 5) is 42.5. The molecule has 1 heterocycles. The number of quaternary nitrogens is 1. The molecule has 3 rings (SSSR count). The van der Waals surface area contributed by atoms with Crippen LogP contribution in [-0.4, -0.2) is 48.1 Å². The van der Waals surface area contributed by atoms with E-state index in [9.17, 15) is 19.5 Å². The quantitative estimate of drug-likeness (QED) is 0.343. The Kier molecular flexibility index (Phi) is 7.56. The zero-order valence-electron chi connectivity index (χ0n) is 20.4. The van der Waals surface area contributed by atoms with Crippen molar-refractivity contribution in [1.82, 2.24) is 9.38 Å². The maximum absolute atomic E-state index is 12.4. The van der Waals surface area contributed by atoms with Crippen LogP contribution in [0.3, 0.4) is 0 Å². The van der Waals surface area contributed by atoms with Gasteiger partial charge in [0.1, 0.15) is 23.2 Å². The fourth-order valence-corrected chi connectivity index (χ4v) is 3.44. The van der Waals surface area contributed by atoms with Crippen molar-refractivity contribution in [1.29, 1.82) is 5.26 Å². The Hall–Kier alpha value is -4.49. The lowest BCUT2D eigenvalue weighted by Crippen LogP contribution is -2.59. The number of ether oxygens (including phenoxy) is 2. The topological polar surface area (TPSA) is 132 Å². The fraction of sp³-hybridized carbons (Fsp3) is 0.269. The Balaban J connectivity index is 1.74. The standard InChI is InChI=1S/C26H26N4O6/c1-26(2,3)36-24(32)29(4)15-13-22-28-14-16-30(22,25(33)34)20-9-11-21(12-10-20)35-23(31)19-7-5-18(17-27)6-8-19/h5-12,14,16H,13,15H2,1-4H3. The zero-order chi connectivity index (χ0) is 26.5. The summed E-state index contributed by atoms with van der Waals surface area (Å²) in [6, 6.07) is 13.9. The first-order valence-corrected chi connectivity index (χ1v) is 11.1. The molecule has 186 valence electrons. The summed E-state index contributed by atoms with van der Waals surface area (Å²) in [5.74, 6) is -0.173. The Labute approximate surface area is 208 Å². The van der Waals surface area contributed by atoms with E-state index < -0.39 is 28.2 Å². The summed E-state index contributed by atoms with van der Waals surface area (Å²) in [5.41, 5.74) is 0.331. The number of nitriles is 1. The number of amides is 2. The summed E-state index contributed by atoms with van der Waals surface area (Å²) >= 11 is 0. The molecule has 2 aromatic carbocycles. The monoisotopic (exact) mass is 490 g/mol. The summed E-state index contributed by atoms with van der Waals surface area (Å²) in [6.07, 6.45) is 0.929. The smallest absolute Gasteiger partial charge is 0.410 e. The third-order valence-corrected chi connectivity index (χ3v) is 5.29. The maximum Gasteiger partial charge on any atom is 0.410 e. The summed E-state index contributed by atoms with van der Waals surface area (Å²) in [5, 5.41) is 21.2. The highest BCUT2D eigenvalue weighted by atomic mass is 16.6. The normalized spacial score (nSPS) is 16.6. The van der Waals surface area contributed by atoms with Crippen molar-refractivity contribution in [3.8, 4) is 11.8 Å². The van der Waals surface area contributed by atoms with Crippen LogP contribution in [-0.2, 0) is 4.74 Å². The van der Waals surface area contributed by atoms with E-state index in [2.05, 4.69) is 4.99 Å². The van der Waals surface area contributed by atoms with Gasteiger partial charge >= 0.3 is 12.1 Å². The molecule has 10 heteroatoms. The molecule has 0 fully saturated rings. The van der Waals surface area contributed by atoms with Gasteiger partial charge < -0.3 is 24.3 Å². The molecule has 10 nitrogen and oxygen atoms in total. The van der Waals surface area contributed by atoms with Crippen LogP contribution in [0.5, 0.6) is 5.75 Å². The largest absolute Gasteiger partial charge is 0.497 e. The molecule has 2 amide bonds. The molecule has 2 aromatic rings. The van der Waals surface area contributed by atoms with Crippen LogP contribution in [0.1, 0.15) is 43.1 Å². The van der Waals surface area contributed by atoms with Gasteiger partial charge in [-0.3, -0.25) is 0 Å². The highest BCUT2D eigenvalue weighted by Crippen LogP contribution is 2.31. The predicted molar refractivity (Wildman–Crippen MR) is 130 cm³/mol. The van der Waals surface area contributed by atoms with E-state index >= 15 is 0 Å². The van der Waals surface area contributed by atoms with Gasteiger partial charge in [0.2, 0.25) is 5.84 Å². The Morgan fingerprint density at radius 2 is 1.72 bits per heavy atom. The minimum absolute atomic E-state index is 0.145. The molecule has 0 saturated carbocycles. The molecule has 0 aromatic heterocycles. The van der Waals surface area contributed by atoms with Crippen molar-refractivity contribution >= 4 is 29.7 Å². The molecule has 0 saturated heterocycles. The maximum atomic E-state index is 12.4. The van der Waals surface area contributed by atoms with Crippen LogP contribution in [0.2, 0.25) is 0 Å². The van der Waals surface area contributed by atoms with Crippen LogP contribution >= 0.6 is 0 Å². The number of aliphatic imine (C=N–C) groups is 1. The van der Waals surface area contributed by atoms with Crippen molar-refractivity contribution in [3.05, 3.63) is 72.1 Å². The van der Waals surface area contributed by atoms with Gasteiger partial charge in [0.15, 0.2) is 0 Å². The molecule has 1 atom stereocenters. The molecule has 0 spiro atoms. The molecular formula is C26H26N4O6. The molecule has 1 unspecified atom stereocenters. The predicted octanol–water partition coefficient (Wildman–Crippen LogP) is 3.57. The summed E-state index contributed by atoms with van der Waals surface area (Å²) < 4.78 is 9.90. The minimum Gasteiger partial charge on any atom is -0.497 e. The van der Waals surface area contributed by atoms with Crippen molar-refractivity contribution in [2.45, 2.75) is 32.8 Å². The van der Waals surface area contributed by atoms with Gasteiger partial charge in [-0.1, -0.05) is 0 Å². The first-order valence-electron chi connectivity index (χ1n) is 11.1. The molecule has 0 bridgehead atoms. The Morgan fingerprint density at radius 3 is 2.28 bits per heavy atom. The third kappa shape index (κ3) is 5.76. The van der Waals surface area contributed by atoms with Crippen molar-refractivity contribution in [2.24, 2.45) is 4.99 Å². The molecule has 0 radical (unpaired) electrons. The van der Waals surface area contributed by atoms with Gasteiger partial charge in [-0.05, 0) is 57.2 Å². The lowest BCUT2D eigenvalue weighted by Gasteiger charge is -2.32. The molecule has 36 heavy (non-hydrogen) atoms. The van der Waals surface area contributed by atoms with Gasteiger partial charge in [0.25, 0.3) is 6.09 Å². The SMILES string of the molecule is CN(CCC1=NC=C[N+]1(C(=O)[O-])c1ccc(OC(=O)c2ccc(C#N)cc2)cc1)C(=O)OC(C)(C)C. The van der Waals surface area contributed by atoms with Crippen molar-refractivity contribution in [2.75, 3.05) is 13.6 Å². The number of hydrogen-bond donors (Lipinski definition) is 0. The highest BCUT2D eigenvalue weighted by Gasteiger charge is 2.41. The molecule has 1 aliphatic heterocycles. The van der Waals surface area contributed by atoms with Crippen LogP contribution in [0.25, 0.3) is 0 Å². The summed E-state index contributed by atoms with van der Waals surface area (Å²) in [7, 11) is 1.56. The lowest BCUT2D eigenvalue weighted by atomic mass is 10.1. The number of amidine groups is 1. The second kappa shape index (κ2) is 10.4. The lowest BCUT2D eigenvalue weighted by molar-refractivity contribution is -0.257. The average molecular weight is 491 g/mol. The number of rotatable bonds is 6. The van der Waals surface area contributed by atoms with E-state index in [1.54, 1.807) is 27.8 Å². The highest BCUT2D eigenvalue weighted by molar-refractivity contribution is 6.10. The van der Waals surface area contributed by atoms with E-state index in [4.69, 9.17) is 14.7 Å². The van der Waals surface area contributed by atoms with E-state index in [0.29, 0.717) is 11.3 Å². The first kappa shape index (κ1) is 26.1. The first-order chi connectivity index (χ1) is 17.0.